The zero-order chi connectivity index (χ0) is 16.3. The van der Waals surface area contributed by atoms with Crippen molar-refractivity contribution in [2.75, 3.05) is 19.0 Å². The summed E-state index contributed by atoms with van der Waals surface area (Å²) in [5.74, 6) is 1.51. The van der Waals surface area contributed by atoms with E-state index in [0.717, 1.165) is 5.76 Å². The molecule has 22 heavy (non-hydrogen) atoms. The van der Waals surface area contributed by atoms with Crippen LogP contribution in [0.2, 0.25) is 5.02 Å². The Morgan fingerprint density at radius 2 is 2.14 bits per heavy atom. The molecule has 2 rings (SSSR count). The Morgan fingerprint density at radius 3 is 2.68 bits per heavy atom. The summed E-state index contributed by atoms with van der Waals surface area (Å²) in [6, 6.07) is 6.48. The van der Waals surface area contributed by atoms with Crippen molar-refractivity contribution in [3.05, 3.63) is 56.5 Å². The molecule has 1 aromatic heterocycles. The van der Waals surface area contributed by atoms with Crippen molar-refractivity contribution in [3.63, 3.8) is 0 Å². The topological polar surface area (TPSA) is 77.5 Å². The van der Waals surface area contributed by atoms with Crippen LogP contribution in [0.4, 0.5) is 11.4 Å². The number of halogens is 1. The Labute approximate surface area is 133 Å². The van der Waals surface area contributed by atoms with Crippen molar-refractivity contribution in [2.45, 2.75) is 19.9 Å². The standard InChI is InChI=1S/C15H17ClN2O4/c1-9-6-12(11(16)7-14(9)18(19)20)17-13(8-21-3)15-5-4-10(2)22-15/h4-7,13,17H,8H2,1-3H3. The molecule has 1 heterocycles. The molecule has 1 atom stereocenters. The number of anilines is 1. The van der Waals surface area contributed by atoms with Crippen LogP contribution in [0.25, 0.3) is 0 Å². The van der Waals surface area contributed by atoms with Crippen LogP contribution in [0, 0.1) is 24.0 Å². The zero-order valence-electron chi connectivity index (χ0n) is 12.6. The van der Waals surface area contributed by atoms with Crippen LogP contribution in [0.3, 0.4) is 0 Å². The fourth-order valence-electron chi connectivity index (χ4n) is 2.17. The normalized spacial score (nSPS) is 12.2. The van der Waals surface area contributed by atoms with E-state index in [-0.39, 0.29) is 16.8 Å². The van der Waals surface area contributed by atoms with Gasteiger partial charge in [-0.3, -0.25) is 10.1 Å². The number of benzene rings is 1. The number of aryl methyl sites for hydroxylation is 2. The minimum atomic E-state index is -0.451. The van der Waals surface area contributed by atoms with E-state index < -0.39 is 4.92 Å². The van der Waals surface area contributed by atoms with Crippen LogP contribution < -0.4 is 5.32 Å². The molecule has 0 saturated carbocycles. The van der Waals surface area contributed by atoms with E-state index in [1.807, 2.05) is 19.1 Å². The third-order valence-corrected chi connectivity index (χ3v) is 3.56. The summed E-state index contributed by atoms with van der Waals surface area (Å²) < 4.78 is 10.8. The highest BCUT2D eigenvalue weighted by Gasteiger charge is 2.19. The molecule has 1 unspecified atom stereocenters. The fourth-order valence-corrected chi connectivity index (χ4v) is 2.38. The monoisotopic (exact) mass is 324 g/mol. The predicted molar refractivity (Wildman–Crippen MR) is 84.5 cm³/mol. The van der Waals surface area contributed by atoms with Crippen LogP contribution in [-0.2, 0) is 4.74 Å². The Bertz CT molecular complexity index is 684. The van der Waals surface area contributed by atoms with Gasteiger partial charge in [0, 0.05) is 18.7 Å². The van der Waals surface area contributed by atoms with Crippen LogP contribution in [-0.4, -0.2) is 18.6 Å². The van der Waals surface area contributed by atoms with E-state index in [9.17, 15) is 10.1 Å². The predicted octanol–water partition coefficient (Wildman–Crippen LogP) is 4.26. The number of hydrogen-bond donors (Lipinski definition) is 1. The minimum absolute atomic E-state index is 0.00677. The summed E-state index contributed by atoms with van der Waals surface area (Å²) in [6.07, 6.45) is 0. The van der Waals surface area contributed by atoms with Gasteiger partial charge < -0.3 is 14.5 Å². The Morgan fingerprint density at radius 1 is 1.41 bits per heavy atom. The van der Waals surface area contributed by atoms with Gasteiger partial charge in [0.05, 0.1) is 22.2 Å². The van der Waals surface area contributed by atoms with E-state index in [4.69, 9.17) is 20.8 Å². The second-order valence-corrected chi connectivity index (χ2v) is 5.38. The highest BCUT2D eigenvalue weighted by atomic mass is 35.5. The van der Waals surface area contributed by atoms with Crippen LogP contribution in [0.1, 0.15) is 23.1 Å². The second kappa shape index (κ2) is 6.81. The summed E-state index contributed by atoms with van der Waals surface area (Å²) in [7, 11) is 1.59. The third kappa shape index (κ3) is 3.58. The maximum absolute atomic E-state index is 10.9. The molecule has 1 N–H and O–H groups in total. The van der Waals surface area contributed by atoms with Gasteiger partial charge in [0.1, 0.15) is 17.6 Å². The first-order valence-corrected chi connectivity index (χ1v) is 7.06. The van der Waals surface area contributed by atoms with Crippen molar-refractivity contribution in [1.82, 2.24) is 0 Å². The lowest BCUT2D eigenvalue weighted by atomic mass is 10.1. The lowest BCUT2D eigenvalue weighted by Crippen LogP contribution is -2.16. The number of ether oxygens (including phenoxy) is 1. The molecule has 7 heteroatoms. The van der Waals surface area contributed by atoms with E-state index in [1.165, 1.54) is 6.07 Å². The van der Waals surface area contributed by atoms with Gasteiger partial charge in [-0.2, -0.15) is 0 Å². The second-order valence-electron chi connectivity index (χ2n) is 4.98. The largest absolute Gasteiger partial charge is 0.464 e. The van der Waals surface area contributed by atoms with Crippen LogP contribution >= 0.6 is 11.6 Å². The van der Waals surface area contributed by atoms with E-state index >= 15 is 0 Å². The Balaban J connectivity index is 2.30. The van der Waals surface area contributed by atoms with Crippen molar-refractivity contribution in [3.8, 4) is 0 Å². The van der Waals surface area contributed by atoms with Gasteiger partial charge in [0.15, 0.2) is 0 Å². The maximum atomic E-state index is 10.9. The smallest absolute Gasteiger partial charge is 0.273 e. The molecule has 0 saturated heterocycles. The van der Waals surface area contributed by atoms with Gasteiger partial charge in [-0.1, -0.05) is 11.6 Å². The maximum Gasteiger partial charge on any atom is 0.273 e. The number of furan rings is 1. The fraction of sp³-hybridized carbons (Fsp3) is 0.333. The molecule has 0 aliphatic carbocycles. The van der Waals surface area contributed by atoms with Crippen molar-refractivity contribution >= 4 is 23.0 Å². The molecular formula is C15H17ClN2O4. The molecule has 118 valence electrons. The van der Waals surface area contributed by atoms with Gasteiger partial charge in [-0.15, -0.1) is 0 Å². The Hall–Kier alpha value is -2.05. The highest BCUT2D eigenvalue weighted by molar-refractivity contribution is 6.33. The van der Waals surface area contributed by atoms with Crippen molar-refractivity contribution in [1.29, 1.82) is 0 Å². The summed E-state index contributed by atoms with van der Waals surface area (Å²) in [5.41, 5.74) is 1.12. The number of nitrogens with zero attached hydrogens (tertiary/aromatic N) is 1. The van der Waals surface area contributed by atoms with Gasteiger partial charge >= 0.3 is 0 Å². The number of nitrogens with one attached hydrogen (secondary N) is 1. The first-order chi connectivity index (χ1) is 10.4. The number of methoxy groups -OCH3 is 1. The van der Waals surface area contributed by atoms with E-state index in [0.29, 0.717) is 23.6 Å². The lowest BCUT2D eigenvalue weighted by molar-refractivity contribution is -0.385. The molecule has 0 aliphatic heterocycles. The first-order valence-electron chi connectivity index (χ1n) is 6.68. The minimum Gasteiger partial charge on any atom is -0.464 e. The third-order valence-electron chi connectivity index (χ3n) is 3.25. The SMILES string of the molecule is COCC(Nc1cc(C)c([N+](=O)[O-])cc1Cl)c1ccc(C)o1. The average molecular weight is 325 g/mol. The molecule has 0 aliphatic rings. The molecule has 0 amide bonds. The quantitative estimate of drug-likeness (QED) is 0.634. The van der Waals surface area contributed by atoms with Gasteiger partial charge in [-0.05, 0) is 32.0 Å². The van der Waals surface area contributed by atoms with Crippen molar-refractivity contribution < 1.29 is 14.1 Å². The lowest BCUT2D eigenvalue weighted by Gasteiger charge is -2.18. The summed E-state index contributed by atoms with van der Waals surface area (Å²) in [5, 5.41) is 14.4. The van der Waals surface area contributed by atoms with Gasteiger partial charge in [0.2, 0.25) is 0 Å². The number of nitro benzene ring substituents is 1. The number of rotatable bonds is 6. The number of hydrogen-bond acceptors (Lipinski definition) is 5. The molecule has 6 nitrogen and oxygen atoms in total. The van der Waals surface area contributed by atoms with Gasteiger partial charge in [0.25, 0.3) is 5.69 Å². The summed E-state index contributed by atoms with van der Waals surface area (Å²) >= 11 is 6.14. The summed E-state index contributed by atoms with van der Waals surface area (Å²) in [4.78, 5) is 10.5. The Kier molecular flexibility index (Phi) is 5.05. The molecule has 1 aromatic carbocycles. The molecule has 2 aromatic rings. The molecule has 0 bridgehead atoms. The molecule has 0 fully saturated rings. The van der Waals surface area contributed by atoms with Crippen molar-refractivity contribution in [2.24, 2.45) is 0 Å². The number of nitro groups is 1. The van der Waals surface area contributed by atoms with Crippen LogP contribution in [0.5, 0.6) is 0 Å². The highest BCUT2D eigenvalue weighted by Crippen LogP contribution is 2.33. The van der Waals surface area contributed by atoms with Gasteiger partial charge in [-0.25, -0.2) is 0 Å². The average Bonchev–Trinajstić information content (AvgIpc) is 2.88. The van der Waals surface area contributed by atoms with E-state index in [1.54, 1.807) is 20.1 Å². The molecule has 0 radical (unpaired) electrons. The van der Waals surface area contributed by atoms with Crippen LogP contribution in [0.15, 0.2) is 28.7 Å². The van der Waals surface area contributed by atoms with E-state index in [2.05, 4.69) is 5.32 Å². The summed E-state index contributed by atoms with van der Waals surface area (Å²) in [6.45, 7) is 3.90. The zero-order valence-corrected chi connectivity index (χ0v) is 13.3. The molecule has 0 spiro atoms. The first kappa shape index (κ1) is 16.3. The molecular weight excluding hydrogens is 308 g/mol.